The van der Waals surface area contributed by atoms with Gasteiger partial charge in [0, 0.05) is 18.7 Å². The number of para-hydroxylation sites is 1. The van der Waals surface area contributed by atoms with E-state index in [0.29, 0.717) is 0 Å². The largest absolute Gasteiger partial charge is 0.379 e. The van der Waals surface area contributed by atoms with Gasteiger partial charge in [-0.15, -0.1) is 0 Å². The number of nitrogens with zero attached hydrogens (tertiary/aromatic N) is 1. The van der Waals surface area contributed by atoms with Crippen molar-refractivity contribution in [1.82, 2.24) is 10.3 Å². The van der Waals surface area contributed by atoms with E-state index in [-0.39, 0.29) is 17.6 Å². The molecular weight excluding hydrogens is 248 g/mol. The molecule has 20 heavy (non-hydrogen) atoms. The Labute approximate surface area is 121 Å². The van der Waals surface area contributed by atoms with Crippen LogP contribution in [-0.2, 0) is 4.74 Å². The van der Waals surface area contributed by atoms with E-state index in [1.165, 1.54) is 5.56 Å². The van der Waals surface area contributed by atoms with Crippen LogP contribution in [-0.4, -0.2) is 25.2 Å². The van der Waals surface area contributed by atoms with Crippen molar-refractivity contribution in [2.45, 2.75) is 32.9 Å². The Morgan fingerprint density at radius 2 is 1.85 bits per heavy atom. The molecule has 2 aromatic rings. The van der Waals surface area contributed by atoms with Crippen LogP contribution in [0.25, 0.3) is 10.9 Å². The second kappa shape index (κ2) is 5.90. The van der Waals surface area contributed by atoms with Crippen LogP contribution in [0.4, 0.5) is 0 Å². The zero-order chi connectivity index (χ0) is 14.8. The molecule has 1 aromatic heterocycles. The molecular formula is C17H24N2O. The highest BCUT2D eigenvalue weighted by Gasteiger charge is 2.33. The maximum atomic E-state index is 5.78. The number of ether oxygens (including phenoxy) is 1. The number of benzene rings is 1. The average Bonchev–Trinajstić information content (AvgIpc) is 2.42. The predicted molar refractivity (Wildman–Crippen MR) is 83.8 cm³/mol. The summed E-state index contributed by atoms with van der Waals surface area (Å²) in [5.41, 5.74) is 2.27. The van der Waals surface area contributed by atoms with Crippen LogP contribution >= 0.6 is 0 Å². The van der Waals surface area contributed by atoms with Crippen LogP contribution < -0.4 is 5.32 Å². The Kier molecular flexibility index (Phi) is 4.41. The van der Waals surface area contributed by atoms with E-state index in [2.05, 4.69) is 55.3 Å². The predicted octanol–water partition coefficient (Wildman–Crippen LogP) is 3.56. The third-order valence-electron chi connectivity index (χ3n) is 3.72. The van der Waals surface area contributed by atoms with Gasteiger partial charge >= 0.3 is 0 Å². The molecule has 108 valence electrons. The van der Waals surface area contributed by atoms with Crippen molar-refractivity contribution in [3.8, 4) is 0 Å². The van der Waals surface area contributed by atoms with Crippen LogP contribution in [0, 0.1) is 5.41 Å². The van der Waals surface area contributed by atoms with Gasteiger partial charge in [-0.1, -0.05) is 45.0 Å². The summed E-state index contributed by atoms with van der Waals surface area (Å²) < 4.78 is 5.78. The van der Waals surface area contributed by atoms with Crippen LogP contribution in [0.1, 0.15) is 32.4 Å². The molecule has 1 N–H and O–H groups in total. The number of aromatic nitrogens is 1. The van der Waals surface area contributed by atoms with Crippen molar-refractivity contribution >= 4 is 10.9 Å². The van der Waals surface area contributed by atoms with Crippen LogP contribution in [0.2, 0.25) is 0 Å². The lowest BCUT2D eigenvalue weighted by molar-refractivity contribution is -0.00984. The average molecular weight is 272 g/mol. The minimum absolute atomic E-state index is 0.0410. The van der Waals surface area contributed by atoms with E-state index in [0.717, 1.165) is 10.9 Å². The molecule has 0 bridgehead atoms. The highest BCUT2D eigenvalue weighted by Crippen LogP contribution is 2.34. The molecule has 2 unspecified atom stereocenters. The number of hydrogen-bond donors (Lipinski definition) is 1. The molecule has 0 fully saturated rings. The summed E-state index contributed by atoms with van der Waals surface area (Å²) in [4.78, 5) is 4.55. The van der Waals surface area contributed by atoms with Gasteiger partial charge in [0.1, 0.15) is 0 Å². The van der Waals surface area contributed by atoms with Gasteiger partial charge in [0.15, 0.2) is 0 Å². The van der Waals surface area contributed by atoms with E-state index in [4.69, 9.17) is 4.74 Å². The van der Waals surface area contributed by atoms with Gasteiger partial charge < -0.3 is 10.1 Å². The fourth-order valence-electron chi connectivity index (χ4n) is 2.84. The summed E-state index contributed by atoms with van der Waals surface area (Å²) in [6.45, 7) is 6.60. The van der Waals surface area contributed by atoms with Crippen molar-refractivity contribution < 1.29 is 4.74 Å². The molecule has 0 radical (unpaired) electrons. The summed E-state index contributed by atoms with van der Waals surface area (Å²) in [5, 5.41) is 4.56. The molecule has 1 aromatic carbocycles. The van der Waals surface area contributed by atoms with E-state index in [1.54, 1.807) is 7.11 Å². The molecule has 0 saturated carbocycles. The quantitative estimate of drug-likeness (QED) is 0.924. The van der Waals surface area contributed by atoms with Gasteiger partial charge in [0.05, 0.1) is 17.7 Å². The van der Waals surface area contributed by atoms with Crippen LogP contribution in [0.5, 0.6) is 0 Å². The van der Waals surface area contributed by atoms with Crippen molar-refractivity contribution in [3.05, 3.63) is 42.1 Å². The zero-order valence-electron chi connectivity index (χ0n) is 13.0. The van der Waals surface area contributed by atoms with Gasteiger partial charge in [-0.3, -0.25) is 4.98 Å². The Hall–Kier alpha value is -1.45. The molecule has 0 aliphatic carbocycles. The minimum atomic E-state index is 0.0410. The van der Waals surface area contributed by atoms with E-state index in [9.17, 15) is 0 Å². The van der Waals surface area contributed by atoms with Gasteiger partial charge in [-0.2, -0.15) is 0 Å². The lowest BCUT2D eigenvalue weighted by Crippen LogP contribution is -2.40. The number of fused-ring (bicyclic) bond motifs is 1. The number of methoxy groups -OCH3 is 1. The number of nitrogens with one attached hydrogen (secondary N) is 1. The number of hydrogen-bond acceptors (Lipinski definition) is 3. The summed E-state index contributed by atoms with van der Waals surface area (Å²) in [6, 6.07) is 10.5. The molecule has 0 saturated heterocycles. The highest BCUT2D eigenvalue weighted by atomic mass is 16.5. The third-order valence-corrected chi connectivity index (χ3v) is 3.72. The minimum Gasteiger partial charge on any atom is -0.379 e. The molecule has 2 rings (SSSR count). The Bertz CT molecular complexity index is 569. The molecule has 2 atom stereocenters. The lowest BCUT2D eigenvalue weighted by Gasteiger charge is -2.36. The van der Waals surface area contributed by atoms with Crippen molar-refractivity contribution in [2.75, 3.05) is 14.2 Å². The fourth-order valence-corrected chi connectivity index (χ4v) is 2.84. The van der Waals surface area contributed by atoms with E-state index < -0.39 is 0 Å². The smallest absolute Gasteiger partial charge is 0.0814 e. The van der Waals surface area contributed by atoms with E-state index in [1.807, 2.05) is 19.3 Å². The Morgan fingerprint density at radius 3 is 2.45 bits per heavy atom. The molecule has 3 nitrogen and oxygen atoms in total. The van der Waals surface area contributed by atoms with Crippen LogP contribution in [0.15, 0.2) is 36.5 Å². The van der Waals surface area contributed by atoms with Gasteiger partial charge in [0.25, 0.3) is 0 Å². The Morgan fingerprint density at radius 1 is 1.15 bits per heavy atom. The maximum absolute atomic E-state index is 5.78. The molecule has 0 amide bonds. The second-order valence-electron chi connectivity index (χ2n) is 6.21. The monoisotopic (exact) mass is 272 g/mol. The first-order valence-corrected chi connectivity index (χ1v) is 7.02. The van der Waals surface area contributed by atoms with Crippen molar-refractivity contribution in [3.63, 3.8) is 0 Å². The van der Waals surface area contributed by atoms with Crippen molar-refractivity contribution in [1.29, 1.82) is 0 Å². The number of pyridine rings is 1. The molecule has 0 aliphatic heterocycles. The molecule has 3 heteroatoms. The normalized spacial score (nSPS) is 15.2. The fraction of sp³-hybridized carbons (Fsp3) is 0.471. The summed E-state index contributed by atoms with van der Waals surface area (Å²) in [5.74, 6) is 0. The topological polar surface area (TPSA) is 34.2 Å². The zero-order valence-corrected chi connectivity index (χ0v) is 13.0. The lowest BCUT2D eigenvalue weighted by atomic mass is 9.81. The first kappa shape index (κ1) is 14.9. The third kappa shape index (κ3) is 2.84. The summed E-state index contributed by atoms with van der Waals surface area (Å²) >= 11 is 0. The Balaban J connectivity index is 2.54. The first-order valence-electron chi connectivity index (χ1n) is 7.02. The van der Waals surface area contributed by atoms with Crippen molar-refractivity contribution in [2.24, 2.45) is 5.41 Å². The SMILES string of the molecule is CNC(c1cccc2cccnc12)C(OC)C(C)(C)C. The standard InChI is InChI=1S/C17H24N2O/c1-17(2,3)16(20-5)15(18-4)13-10-6-8-12-9-7-11-19-14(12)13/h6-11,15-16,18H,1-5H3. The highest BCUT2D eigenvalue weighted by molar-refractivity contribution is 5.82. The molecule has 0 spiro atoms. The summed E-state index contributed by atoms with van der Waals surface area (Å²) in [6.07, 6.45) is 1.91. The maximum Gasteiger partial charge on any atom is 0.0814 e. The molecule has 0 aliphatic rings. The van der Waals surface area contributed by atoms with Gasteiger partial charge in [0.2, 0.25) is 0 Å². The van der Waals surface area contributed by atoms with Gasteiger partial charge in [-0.25, -0.2) is 0 Å². The first-order chi connectivity index (χ1) is 9.49. The van der Waals surface area contributed by atoms with Crippen LogP contribution in [0.3, 0.4) is 0 Å². The second-order valence-corrected chi connectivity index (χ2v) is 6.21. The number of likely N-dealkylation sites (N-methyl/N-ethyl adjacent to an activating group) is 1. The number of rotatable bonds is 4. The van der Waals surface area contributed by atoms with Gasteiger partial charge in [-0.05, 0) is 24.1 Å². The molecule has 1 heterocycles. The summed E-state index contributed by atoms with van der Waals surface area (Å²) in [7, 11) is 3.75. The van der Waals surface area contributed by atoms with E-state index >= 15 is 0 Å².